The normalized spacial score (nSPS) is 28.8. The van der Waals surface area contributed by atoms with Crippen LogP contribution in [-0.4, -0.2) is 11.7 Å². The van der Waals surface area contributed by atoms with E-state index in [4.69, 9.17) is 27.9 Å². The molecular weight excluding hydrogens is 195 g/mol. The summed E-state index contributed by atoms with van der Waals surface area (Å²) in [5.74, 6) is 0. The maximum atomic E-state index is 6.11. The topological polar surface area (TPSA) is 9.23 Å². The molecule has 0 saturated carbocycles. The van der Waals surface area contributed by atoms with E-state index in [2.05, 4.69) is 0 Å². The number of ether oxygens (including phenoxy) is 1. The molecule has 3 heteroatoms. The highest BCUT2D eigenvalue weighted by Gasteiger charge is 2.27. The molecule has 1 atom stereocenters. The number of hydrogen-bond acceptors (Lipinski definition) is 1. The Labute approximate surface area is 83.0 Å². The summed E-state index contributed by atoms with van der Waals surface area (Å²) in [6.07, 6.45) is 7.01. The summed E-state index contributed by atoms with van der Waals surface area (Å²) in [7, 11) is 0. The third-order valence-electron chi connectivity index (χ3n) is 1.58. The van der Waals surface area contributed by atoms with Gasteiger partial charge in [0.05, 0.1) is 0 Å². The molecule has 1 aliphatic rings. The van der Waals surface area contributed by atoms with Gasteiger partial charge in [-0.2, -0.15) is 0 Å². The van der Waals surface area contributed by atoms with Crippen LogP contribution >= 0.6 is 23.2 Å². The predicted octanol–water partition coefficient (Wildman–Crippen LogP) is 3.43. The smallest absolute Gasteiger partial charge is 0.165 e. The monoisotopic (exact) mass is 206 g/mol. The highest BCUT2D eigenvalue weighted by molar-refractivity contribution is 6.32. The Bertz CT molecular complexity index is 211. The van der Waals surface area contributed by atoms with E-state index in [1.165, 1.54) is 0 Å². The highest BCUT2D eigenvalue weighted by Crippen LogP contribution is 2.32. The lowest BCUT2D eigenvalue weighted by Gasteiger charge is -2.25. The van der Waals surface area contributed by atoms with E-state index < -0.39 is 5.06 Å². The molecule has 0 aromatic rings. The van der Waals surface area contributed by atoms with E-state index in [-0.39, 0.29) is 0 Å². The molecule has 1 rings (SSSR count). The lowest BCUT2D eigenvalue weighted by Crippen LogP contribution is -2.24. The van der Waals surface area contributed by atoms with Crippen LogP contribution in [0.5, 0.6) is 0 Å². The SMILES string of the molecule is CCCOC1(Cl)C=CC=C(Cl)C1. The molecular formula is C9H12Cl2O. The van der Waals surface area contributed by atoms with E-state index in [9.17, 15) is 0 Å². The first-order valence-corrected chi connectivity index (χ1v) is 4.78. The maximum Gasteiger partial charge on any atom is 0.165 e. The average Bonchev–Trinajstić information content (AvgIpc) is 2.01. The number of hydrogen-bond donors (Lipinski definition) is 0. The van der Waals surface area contributed by atoms with Crippen LogP contribution in [0, 0.1) is 0 Å². The van der Waals surface area contributed by atoms with Crippen LogP contribution in [0.2, 0.25) is 0 Å². The van der Waals surface area contributed by atoms with Gasteiger partial charge in [-0.25, -0.2) is 0 Å². The van der Waals surface area contributed by atoms with Crippen LogP contribution in [0.25, 0.3) is 0 Å². The maximum absolute atomic E-state index is 6.11. The summed E-state index contributed by atoms with van der Waals surface area (Å²) in [6.45, 7) is 2.71. The van der Waals surface area contributed by atoms with Crippen LogP contribution in [0.4, 0.5) is 0 Å². The first-order chi connectivity index (χ1) is 5.66. The molecule has 0 saturated heterocycles. The lowest BCUT2D eigenvalue weighted by molar-refractivity contribution is 0.0547. The zero-order chi connectivity index (χ0) is 9.03. The van der Waals surface area contributed by atoms with Gasteiger partial charge in [0.15, 0.2) is 5.06 Å². The van der Waals surface area contributed by atoms with Crippen molar-refractivity contribution in [1.29, 1.82) is 0 Å². The Morgan fingerprint density at radius 2 is 2.42 bits per heavy atom. The average molecular weight is 207 g/mol. The van der Waals surface area contributed by atoms with Gasteiger partial charge in [0.1, 0.15) is 0 Å². The van der Waals surface area contributed by atoms with Gasteiger partial charge in [0.25, 0.3) is 0 Å². The van der Waals surface area contributed by atoms with Gasteiger partial charge in [-0.15, -0.1) is 0 Å². The Hall–Kier alpha value is 0.0200. The summed E-state index contributed by atoms with van der Waals surface area (Å²) < 4.78 is 5.44. The molecule has 1 nitrogen and oxygen atoms in total. The lowest BCUT2D eigenvalue weighted by atomic mass is 10.1. The van der Waals surface area contributed by atoms with Crippen molar-refractivity contribution in [2.75, 3.05) is 6.61 Å². The third-order valence-corrected chi connectivity index (χ3v) is 2.21. The molecule has 0 fully saturated rings. The van der Waals surface area contributed by atoms with Crippen molar-refractivity contribution in [3.05, 3.63) is 23.3 Å². The van der Waals surface area contributed by atoms with Crippen molar-refractivity contribution >= 4 is 23.2 Å². The number of alkyl halides is 1. The molecule has 1 unspecified atom stereocenters. The Morgan fingerprint density at radius 1 is 1.67 bits per heavy atom. The highest BCUT2D eigenvalue weighted by atomic mass is 35.5. The van der Waals surface area contributed by atoms with E-state index in [1.54, 1.807) is 0 Å². The van der Waals surface area contributed by atoms with Crippen LogP contribution in [-0.2, 0) is 4.74 Å². The minimum absolute atomic E-state index is 0.562. The predicted molar refractivity (Wildman–Crippen MR) is 52.5 cm³/mol. The molecule has 0 aromatic heterocycles. The molecule has 0 heterocycles. The fraction of sp³-hybridized carbons (Fsp3) is 0.556. The zero-order valence-corrected chi connectivity index (χ0v) is 8.53. The summed E-state index contributed by atoms with van der Waals surface area (Å²) in [6, 6.07) is 0. The Morgan fingerprint density at radius 3 is 3.00 bits per heavy atom. The van der Waals surface area contributed by atoms with Gasteiger partial charge in [-0.05, 0) is 18.6 Å². The van der Waals surface area contributed by atoms with Gasteiger partial charge in [-0.3, -0.25) is 0 Å². The molecule has 0 radical (unpaired) electrons. The van der Waals surface area contributed by atoms with Crippen molar-refractivity contribution in [2.45, 2.75) is 24.8 Å². The van der Waals surface area contributed by atoms with Crippen LogP contribution in [0.15, 0.2) is 23.3 Å². The Kier molecular flexibility index (Phi) is 3.63. The Balaban J connectivity index is 2.51. The summed E-state index contributed by atoms with van der Waals surface area (Å²) in [5, 5.41) is 0.0329. The van der Waals surface area contributed by atoms with Crippen molar-refractivity contribution < 1.29 is 4.74 Å². The van der Waals surface area contributed by atoms with Crippen LogP contribution in [0.3, 0.4) is 0 Å². The van der Waals surface area contributed by atoms with E-state index in [0.717, 1.165) is 11.5 Å². The van der Waals surface area contributed by atoms with Gasteiger partial charge in [-0.1, -0.05) is 36.2 Å². The molecule has 0 amide bonds. The summed E-state index contributed by atoms with van der Waals surface area (Å²) in [5.41, 5.74) is 0. The first-order valence-electron chi connectivity index (χ1n) is 4.03. The van der Waals surface area contributed by atoms with Gasteiger partial charge in [0, 0.05) is 18.1 Å². The fourth-order valence-electron chi connectivity index (χ4n) is 1.02. The van der Waals surface area contributed by atoms with Crippen LogP contribution in [0.1, 0.15) is 19.8 Å². The van der Waals surface area contributed by atoms with E-state index in [1.807, 2.05) is 25.2 Å². The van der Waals surface area contributed by atoms with Crippen molar-refractivity contribution in [1.82, 2.24) is 0 Å². The largest absolute Gasteiger partial charge is 0.356 e. The quantitative estimate of drug-likeness (QED) is 0.644. The minimum Gasteiger partial charge on any atom is -0.356 e. The zero-order valence-electron chi connectivity index (χ0n) is 7.02. The third kappa shape index (κ3) is 2.81. The molecule has 0 N–H and O–H groups in total. The second-order valence-corrected chi connectivity index (χ2v) is 3.91. The summed E-state index contributed by atoms with van der Waals surface area (Å²) >= 11 is 11.9. The van der Waals surface area contributed by atoms with E-state index >= 15 is 0 Å². The van der Waals surface area contributed by atoms with Crippen molar-refractivity contribution in [2.24, 2.45) is 0 Å². The van der Waals surface area contributed by atoms with Gasteiger partial charge < -0.3 is 4.74 Å². The second-order valence-electron chi connectivity index (χ2n) is 2.78. The molecule has 1 aliphatic carbocycles. The molecule has 12 heavy (non-hydrogen) atoms. The number of halogens is 2. The van der Waals surface area contributed by atoms with E-state index in [0.29, 0.717) is 13.0 Å². The standard InChI is InChI=1S/C9H12Cl2O/c1-2-6-12-9(11)5-3-4-8(10)7-9/h3-5H,2,6-7H2,1H3. The van der Waals surface area contributed by atoms with Crippen molar-refractivity contribution in [3.8, 4) is 0 Å². The minimum atomic E-state index is -0.707. The summed E-state index contributed by atoms with van der Waals surface area (Å²) in [4.78, 5) is 0. The second kappa shape index (κ2) is 4.31. The number of rotatable bonds is 3. The van der Waals surface area contributed by atoms with Gasteiger partial charge >= 0.3 is 0 Å². The molecule has 0 aromatic carbocycles. The molecule has 68 valence electrons. The molecule has 0 aliphatic heterocycles. The first kappa shape index (κ1) is 10.1. The van der Waals surface area contributed by atoms with Gasteiger partial charge in [0.2, 0.25) is 0 Å². The number of allylic oxidation sites excluding steroid dienone is 2. The fourth-order valence-corrected chi connectivity index (χ4v) is 1.65. The van der Waals surface area contributed by atoms with Crippen LogP contribution < -0.4 is 0 Å². The molecule has 0 spiro atoms. The molecule has 0 bridgehead atoms. The van der Waals surface area contributed by atoms with Crippen molar-refractivity contribution in [3.63, 3.8) is 0 Å².